The van der Waals surface area contributed by atoms with Crippen LogP contribution in [-0.4, -0.2) is 15.5 Å². The van der Waals surface area contributed by atoms with Gasteiger partial charge >= 0.3 is 0 Å². The lowest BCUT2D eigenvalue weighted by atomic mass is 10.1. The quantitative estimate of drug-likeness (QED) is 0.781. The third kappa shape index (κ3) is 5.46. The SMILES string of the molecule is CCc1ccc(CNCc2ccccc2CS(=O)(=O)NC)cc1. The molecule has 0 bridgehead atoms. The van der Waals surface area contributed by atoms with E-state index in [1.54, 1.807) is 0 Å². The number of benzene rings is 2. The van der Waals surface area contributed by atoms with Crippen LogP contribution in [-0.2, 0) is 35.3 Å². The largest absolute Gasteiger partial charge is 0.309 e. The molecule has 2 aromatic carbocycles. The van der Waals surface area contributed by atoms with Crippen molar-refractivity contribution in [2.24, 2.45) is 0 Å². The zero-order valence-electron chi connectivity index (χ0n) is 13.7. The first-order chi connectivity index (χ1) is 11.0. The van der Waals surface area contributed by atoms with Gasteiger partial charge in [-0.3, -0.25) is 0 Å². The second-order valence-electron chi connectivity index (χ2n) is 5.51. The fourth-order valence-corrected chi connectivity index (χ4v) is 3.22. The Hall–Kier alpha value is -1.69. The molecule has 0 saturated carbocycles. The van der Waals surface area contributed by atoms with Gasteiger partial charge in [0, 0.05) is 13.1 Å². The topological polar surface area (TPSA) is 58.2 Å². The molecule has 0 saturated heterocycles. The van der Waals surface area contributed by atoms with E-state index >= 15 is 0 Å². The summed E-state index contributed by atoms with van der Waals surface area (Å²) in [6.07, 6.45) is 1.04. The van der Waals surface area contributed by atoms with Gasteiger partial charge in [0.15, 0.2) is 0 Å². The van der Waals surface area contributed by atoms with E-state index in [1.165, 1.54) is 18.2 Å². The van der Waals surface area contributed by atoms with Gasteiger partial charge in [-0.05, 0) is 35.7 Å². The Bertz CT molecular complexity index is 725. The molecule has 0 amide bonds. The van der Waals surface area contributed by atoms with Crippen LogP contribution in [0.5, 0.6) is 0 Å². The van der Waals surface area contributed by atoms with Gasteiger partial charge in [-0.15, -0.1) is 0 Å². The molecule has 4 nitrogen and oxygen atoms in total. The molecule has 0 aliphatic rings. The molecular weight excluding hydrogens is 308 g/mol. The molecule has 0 heterocycles. The predicted molar refractivity (Wildman–Crippen MR) is 94.5 cm³/mol. The van der Waals surface area contributed by atoms with Crippen LogP contribution in [0.25, 0.3) is 0 Å². The molecule has 23 heavy (non-hydrogen) atoms. The summed E-state index contributed by atoms with van der Waals surface area (Å²) in [4.78, 5) is 0. The molecule has 0 radical (unpaired) electrons. The van der Waals surface area contributed by atoms with E-state index in [4.69, 9.17) is 0 Å². The smallest absolute Gasteiger partial charge is 0.215 e. The number of nitrogens with one attached hydrogen (secondary N) is 2. The van der Waals surface area contributed by atoms with E-state index < -0.39 is 10.0 Å². The Morgan fingerprint density at radius 3 is 2.09 bits per heavy atom. The number of aryl methyl sites for hydroxylation is 1. The number of sulfonamides is 1. The van der Waals surface area contributed by atoms with Crippen molar-refractivity contribution in [1.82, 2.24) is 10.0 Å². The maximum Gasteiger partial charge on any atom is 0.215 e. The van der Waals surface area contributed by atoms with Crippen LogP contribution in [0.3, 0.4) is 0 Å². The molecule has 2 rings (SSSR count). The molecule has 0 unspecified atom stereocenters. The maximum atomic E-state index is 11.7. The second-order valence-corrected chi connectivity index (χ2v) is 7.43. The minimum atomic E-state index is -3.26. The maximum absolute atomic E-state index is 11.7. The molecule has 0 spiro atoms. The molecule has 2 N–H and O–H groups in total. The Kier molecular flexibility index (Phi) is 6.33. The van der Waals surface area contributed by atoms with E-state index in [2.05, 4.69) is 41.2 Å². The van der Waals surface area contributed by atoms with Crippen molar-refractivity contribution in [3.63, 3.8) is 0 Å². The summed E-state index contributed by atoms with van der Waals surface area (Å²) in [5.74, 6) is 0.00650. The lowest BCUT2D eigenvalue weighted by molar-refractivity contribution is 0.587. The lowest BCUT2D eigenvalue weighted by Crippen LogP contribution is -2.22. The van der Waals surface area contributed by atoms with Gasteiger partial charge in [0.1, 0.15) is 0 Å². The summed E-state index contributed by atoms with van der Waals surface area (Å²) in [5, 5.41) is 3.38. The number of rotatable bonds is 8. The highest BCUT2D eigenvalue weighted by Crippen LogP contribution is 2.12. The van der Waals surface area contributed by atoms with Crippen LogP contribution in [0.2, 0.25) is 0 Å². The third-order valence-corrected chi connectivity index (χ3v) is 5.16. The number of hydrogen-bond donors (Lipinski definition) is 2. The second kappa shape index (κ2) is 8.24. The van der Waals surface area contributed by atoms with E-state index in [1.807, 2.05) is 24.3 Å². The Morgan fingerprint density at radius 1 is 0.870 bits per heavy atom. The highest BCUT2D eigenvalue weighted by Gasteiger charge is 2.11. The average molecular weight is 332 g/mol. The van der Waals surface area contributed by atoms with Crippen molar-refractivity contribution in [3.8, 4) is 0 Å². The third-order valence-electron chi connectivity index (χ3n) is 3.85. The molecule has 5 heteroatoms. The van der Waals surface area contributed by atoms with Gasteiger partial charge in [-0.2, -0.15) is 0 Å². The van der Waals surface area contributed by atoms with Gasteiger partial charge in [-0.1, -0.05) is 55.5 Å². The summed E-state index contributed by atoms with van der Waals surface area (Å²) in [6.45, 7) is 3.55. The van der Waals surface area contributed by atoms with Crippen molar-refractivity contribution in [1.29, 1.82) is 0 Å². The monoisotopic (exact) mass is 332 g/mol. The lowest BCUT2D eigenvalue weighted by Gasteiger charge is -2.11. The summed E-state index contributed by atoms with van der Waals surface area (Å²) in [7, 11) is -1.82. The van der Waals surface area contributed by atoms with Crippen LogP contribution in [0.15, 0.2) is 48.5 Å². The van der Waals surface area contributed by atoms with Crippen molar-refractivity contribution >= 4 is 10.0 Å². The molecule has 124 valence electrons. The van der Waals surface area contributed by atoms with Gasteiger partial charge in [0.05, 0.1) is 5.75 Å². The summed E-state index contributed by atoms with van der Waals surface area (Å²) < 4.78 is 25.9. The molecule has 0 atom stereocenters. The molecule has 0 aromatic heterocycles. The first-order valence-electron chi connectivity index (χ1n) is 7.80. The fourth-order valence-electron chi connectivity index (χ4n) is 2.38. The van der Waals surface area contributed by atoms with Crippen LogP contribution >= 0.6 is 0 Å². The average Bonchev–Trinajstić information content (AvgIpc) is 2.57. The zero-order chi connectivity index (χ0) is 16.7. The van der Waals surface area contributed by atoms with Gasteiger partial charge < -0.3 is 5.32 Å². The van der Waals surface area contributed by atoms with Gasteiger partial charge in [0.2, 0.25) is 10.0 Å². The van der Waals surface area contributed by atoms with E-state index in [0.717, 1.165) is 24.1 Å². The van der Waals surface area contributed by atoms with E-state index in [-0.39, 0.29) is 5.75 Å². The van der Waals surface area contributed by atoms with Crippen LogP contribution < -0.4 is 10.0 Å². The van der Waals surface area contributed by atoms with Crippen molar-refractivity contribution in [2.75, 3.05) is 7.05 Å². The predicted octanol–water partition coefficient (Wildman–Crippen LogP) is 2.59. The summed E-state index contributed by atoms with van der Waals surface area (Å²) >= 11 is 0. The Morgan fingerprint density at radius 2 is 1.48 bits per heavy atom. The molecule has 0 aliphatic carbocycles. The van der Waals surface area contributed by atoms with E-state index in [0.29, 0.717) is 6.54 Å². The van der Waals surface area contributed by atoms with Gasteiger partial charge in [0.25, 0.3) is 0 Å². The molecular formula is C18H24N2O2S. The zero-order valence-corrected chi connectivity index (χ0v) is 14.5. The molecule has 0 aliphatic heterocycles. The molecule has 0 fully saturated rings. The van der Waals surface area contributed by atoms with Crippen molar-refractivity contribution in [2.45, 2.75) is 32.2 Å². The fraction of sp³-hybridized carbons (Fsp3) is 0.333. The van der Waals surface area contributed by atoms with Crippen LogP contribution in [0.4, 0.5) is 0 Å². The Balaban J connectivity index is 1.97. The minimum absolute atomic E-state index is 0.00650. The highest BCUT2D eigenvalue weighted by atomic mass is 32.2. The summed E-state index contributed by atoms with van der Waals surface area (Å²) in [6, 6.07) is 16.2. The van der Waals surface area contributed by atoms with Crippen LogP contribution in [0, 0.1) is 0 Å². The van der Waals surface area contributed by atoms with Crippen molar-refractivity contribution in [3.05, 3.63) is 70.8 Å². The van der Waals surface area contributed by atoms with Crippen LogP contribution in [0.1, 0.15) is 29.2 Å². The van der Waals surface area contributed by atoms with Gasteiger partial charge in [-0.25, -0.2) is 13.1 Å². The molecule has 2 aromatic rings. The van der Waals surface area contributed by atoms with E-state index in [9.17, 15) is 8.42 Å². The van der Waals surface area contributed by atoms with Crippen molar-refractivity contribution < 1.29 is 8.42 Å². The first kappa shape index (κ1) is 17.7. The summed E-state index contributed by atoms with van der Waals surface area (Å²) in [5.41, 5.74) is 4.39. The first-order valence-corrected chi connectivity index (χ1v) is 9.46. The minimum Gasteiger partial charge on any atom is -0.309 e. The standard InChI is InChI=1S/C18H24N2O2S/c1-3-15-8-10-16(11-9-15)12-20-13-17-6-4-5-7-18(17)14-23(21,22)19-2/h4-11,19-20H,3,12-14H2,1-2H3. The highest BCUT2D eigenvalue weighted by molar-refractivity contribution is 7.88. The normalized spacial score (nSPS) is 11.6. The number of hydrogen-bond acceptors (Lipinski definition) is 3. The Labute approximate surface area is 139 Å².